The molecule has 0 saturated carbocycles. The van der Waals surface area contributed by atoms with E-state index >= 15 is 0 Å². The SMILES string of the molecule is Cc1c(N(CCO)C(C)C)cc(C(=O)O)cc1[N+](=O)[O-]. The molecule has 110 valence electrons. The van der Waals surface area contributed by atoms with Crippen LogP contribution in [0.3, 0.4) is 0 Å². The summed E-state index contributed by atoms with van der Waals surface area (Å²) in [6.07, 6.45) is 0. The Morgan fingerprint density at radius 1 is 1.45 bits per heavy atom. The number of carboxylic acid groups (broad SMARTS) is 1. The van der Waals surface area contributed by atoms with Gasteiger partial charge in [0.25, 0.3) is 5.69 Å². The third-order valence-electron chi connectivity index (χ3n) is 3.07. The first-order valence-corrected chi connectivity index (χ1v) is 6.19. The lowest BCUT2D eigenvalue weighted by atomic mass is 10.1. The zero-order chi connectivity index (χ0) is 15.4. The number of benzene rings is 1. The molecule has 2 N–H and O–H groups in total. The molecule has 0 unspecified atom stereocenters. The number of hydrogen-bond donors (Lipinski definition) is 2. The fourth-order valence-electron chi connectivity index (χ4n) is 2.06. The Bertz CT molecular complexity index is 528. The first-order chi connectivity index (χ1) is 9.29. The van der Waals surface area contributed by atoms with Crippen molar-refractivity contribution in [1.29, 1.82) is 0 Å². The van der Waals surface area contributed by atoms with Crippen molar-refractivity contribution in [2.75, 3.05) is 18.1 Å². The Morgan fingerprint density at radius 2 is 2.05 bits per heavy atom. The number of anilines is 1. The maximum Gasteiger partial charge on any atom is 0.336 e. The van der Waals surface area contributed by atoms with Gasteiger partial charge in [-0.1, -0.05) is 0 Å². The molecule has 0 bridgehead atoms. The van der Waals surface area contributed by atoms with Gasteiger partial charge in [0, 0.05) is 24.3 Å². The highest BCUT2D eigenvalue weighted by atomic mass is 16.6. The van der Waals surface area contributed by atoms with Gasteiger partial charge in [-0.05, 0) is 26.8 Å². The van der Waals surface area contributed by atoms with Crippen molar-refractivity contribution in [2.45, 2.75) is 26.8 Å². The fraction of sp³-hybridized carbons (Fsp3) is 0.462. The molecular weight excluding hydrogens is 264 g/mol. The second kappa shape index (κ2) is 6.33. The second-order valence-electron chi connectivity index (χ2n) is 4.71. The van der Waals surface area contributed by atoms with E-state index in [2.05, 4.69) is 0 Å². The summed E-state index contributed by atoms with van der Waals surface area (Å²) < 4.78 is 0. The predicted molar refractivity (Wildman–Crippen MR) is 74.4 cm³/mol. The molecule has 1 rings (SSSR count). The summed E-state index contributed by atoms with van der Waals surface area (Å²) in [5.41, 5.74) is 0.479. The fourth-order valence-corrected chi connectivity index (χ4v) is 2.06. The maximum atomic E-state index is 11.1. The molecule has 0 saturated heterocycles. The van der Waals surface area contributed by atoms with Crippen LogP contribution in [0.15, 0.2) is 12.1 Å². The highest BCUT2D eigenvalue weighted by Gasteiger charge is 2.23. The average molecular weight is 282 g/mol. The molecular formula is C13H18N2O5. The lowest BCUT2D eigenvalue weighted by Crippen LogP contribution is -2.34. The topological polar surface area (TPSA) is 104 Å². The molecule has 1 aromatic rings. The van der Waals surface area contributed by atoms with Gasteiger partial charge in [0.1, 0.15) is 0 Å². The van der Waals surface area contributed by atoms with Crippen molar-refractivity contribution in [2.24, 2.45) is 0 Å². The van der Waals surface area contributed by atoms with Crippen molar-refractivity contribution in [1.82, 2.24) is 0 Å². The number of aliphatic hydroxyl groups excluding tert-OH is 1. The van der Waals surface area contributed by atoms with E-state index in [0.717, 1.165) is 6.07 Å². The number of hydrogen-bond acceptors (Lipinski definition) is 5. The minimum absolute atomic E-state index is 0.0236. The quantitative estimate of drug-likeness (QED) is 0.609. The summed E-state index contributed by atoms with van der Waals surface area (Å²) in [6, 6.07) is 2.43. The van der Waals surface area contributed by atoms with Crippen LogP contribution in [0.4, 0.5) is 11.4 Å². The Kier molecular flexibility index (Phi) is 5.04. The van der Waals surface area contributed by atoms with Crippen LogP contribution in [0, 0.1) is 17.0 Å². The summed E-state index contributed by atoms with van der Waals surface area (Å²) in [7, 11) is 0. The molecule has 0 amide bonds. The average Bonchev–Trinajstić information content (AvgIpc) is 2.35. The van der Waals surface area contributed by atoms with Crippen LogP contribution in [0.25, 0.3) is 0 Å². The van der Waals surface area contributed by atoms with E-state index in [9.17, 15) is 14.9 Å². The van der Waals surface area contributed by atoms with Gasteiger partial charge in [-0.3, -0.25) is 10.1 Å². The monoisotopic (exact) mass is 282 g/mol. The Morgan fingerprint density at radius 3 is 2.45 bits per heavy atom. The summed E-state index contributed by atoms with van der Waals surface area (Å²) in [5, 5.41) is 29.2. The highest BCUT2D eigenvalue weighted by molar-refractivity contribution is 5.90. The molecule has 0 aromatic heterocycles. The Balaban J connectivity index is 3.50. The van der Waals surface area contributed by atoms with Gasteiger partial charge in [-0.15, -0.1) is 0 Å². The Hall–Kier alpha value is -2.15. The molecule has 0 aliphatic carbocycles. The number of carboxylic acids is 1. The molecule has 7 heteroatoms. The van der Waals surface area contributed by atoms with Gasteiger partial charge in [-0.25, -0.2) is 4.79 Å². The lowest BCUT2D eigenvalue weighted by Gasteiger charge is -2.29. The number of aromatic carboxylic acids is 1. The smallest absolute Gasteiger partial charge is 0.336 e. The predicted octanol–water partition coefficient (Wildman–Crippen LogP) is 1.81. The number of carbonyl (C=O) groups is 1. The van der Waals surface area contributed by atoms with E-state index in [0.29, 0.717) is 11.3 Å². The van der Waals surface area contributed by atoms with E-state index in [4.69, 9.17) is 10.2 Å². The van der Waals surface area contributed by atoms with Crippen LogP contribution < -0.4 is 4.90 Å². The molecule has 0 aliphatic heterocycles. The van der Waals surface area contributed by atoms with Gasteiger partial charge < -0.3 is 15.1 Å². The van der Waals surface area contributed by atoms with E-state index < -0.39 is 10.9 Å². The molecule has 0 radical (unpaired) electrons. The summed E-state index contributed by atoms with van der Waals surface area (Å²) in [4.78, 5) is 23.3. The van der Waals surface area contributed by atoms with Crippen molar-refractivity contribution in [3.05, 3.63) is 33.4 Å². The van der Waals surface area contributed by atoms with Crippen molar-refractivity contribution in [3.8, 4) is 0 Å². The van der Waals surface area contributed by atoms with Gasteiger partial charge in [-0.2, -0.15) is 0 Å². The lowest BCUT2D eigenvalue weighted by molar-refractivity contribution is -0.385. The van der Waals surface area contributed by atoms with E-state index in [-0.39, 0.29) is 30.4 Å². The standard InChI is InChI=1S/C13H18N2O5/c1-8(2)14(4-5-16)11-6-10(13(17)18)7-12(9(11)3)15(19)20/h6-8,16H,4-5H2,1-3H3,(H,17,18). The second-order valence-corrected chi connectivity index (χ2v) is 4.71. The van der Waals surface area contributed by atoms with Crippen molar-refractivity contribution in [3.63, 3.8) is 0 Å². The third kappa shape index (κ3) is 3.24. The Labute approximate surface area is 116 Å². The van der Waals surface area contributed by atoms with Crippen molar-refractivity contribution < 1.29 is 19.9 Å². The van der Waals surface area contributed by atoms with E-state index in [1.807, 2.05) is 13.8 Å². The largest absolute Gasteiger partial charge is 0.478 e. The van der Waals surface area contributed by atoms with Crippen molar-refractivity contribution >= 4 is 17.3 Å². The number of nitro benzene ring substituents is 1. The molecule has 0 heterocycles. The number of aliphatic hydroxyl groups is 1. The summed E-state index contributed by atoms with van der Waals surface area (Å²) >= 11 is 0. The van der Waals surface area contributed by atoms with Crippen LogP contribution in [0.2, 0.25) is 0 Å². The number of rotatable bonds is 6. The third-order valence-corrected chi connectivity index (χ3v) is 3.07. The number of nitro groups is 1. The highest BCUT2D eigenvalue weighted by Crippen LogP contribution is 2.31. The van der Waals surface area contributed by atoms with Gasteiger partial charge in [0.15, 0.2) is 0 Å². The van der Waals surface area contributed by atoms with Gasteiger partial charge >= 0.3 is 5.97 Å². The minimum atomic E-state index is -1.22. The molecule has 0 aliphatic rings. The summed E-state index contributed by atoms with van der Waals surface area (Å²) in [5.74, 6) is -1.22. The van der Waals surface area contributed by atoms with Crippen LogP contribution in [0.5, 0.6) is 0 Å². The van der Waals surface area contributed by atoms with Crippen LogP contribution in [-0.4, -0.2) is 40.3 Å². The zero-order valence-corrected chi connectivity index (χ0v) is 11.7. The molecule has 7 nitrogen and oxygen atoms in total. The van der Waals surface area contributed by atoms with Gasteiger partial charge in [0.2, 0.25) is 0 Å². The van der Waals surface area contributed by atoms with Crippen LogP contribution in [-0.2, 0) is 0 Å². The number of nitrogens with zero attached hydrogens (tertiary/aromatic N) is 2. The molecule has 0 fully saturated rings. The van der Waals surface area contributed by atoms with E-state index in [1.165, 1.54) is 6.07 Å². The first kappa shape index (κ1) is 15.9. The normalized spacial score (nSPS) is 10.7. The van der Waals surface area contributed by atoms with Gasteiger partial charge in [0.05, 0.1) is 22.7 Å². The summed E-state index contributed by atoms with van der Waals surface area (Å²) in [6.45, 7) is 5.47. The molecule has 20 heavy (non-hydrogen) atoms. The first-order valence-electron chi connectivity index (χ1n) is 6.19. The van der Waals surface area contributed by atoms with Crippen LogP contribution >= 0.6 is 0 Å². The molecule has 0 spiro atoms. The maximum absolute atomic E-state index is 11.1. The van der Waals surface area contributed by atoms with Crippen LogP contribution in [0.1, 0.15) is 29.8 Å². The molecule has 0 atom stereocenters. The molecule has 1 aromatic carbocycles. The van der Waals surface area contributed by atoms with E-state index in [1.54, 1.807) is 11.8 Å². The zero-order valence-electron chi connectivity index (χ0n) is 11.7. The minimum Gasteiger partial charge on any atom is -0.478 e.